The molecule has 0 aliphatic heterocycles. The summed E-state index contributed by atoms with van der Waals surface area (Å²) < 4.78 is 65.3. The summed E-state index contributed by atoms with van der Waals surface area (Å²) in [4.78, 5) is 0. The Kier molecular flexibility index (Phi) is 9.93. The molecule has 0 amide bonds. The summed E-state index contributed by atoms with van der Waals surface area (Å²) >= 11 is 0. The van der Waals surface area contributed by atoms with Gasteiger partial charge in [0.15, 0.2) is 17.3 Å². The monoisotopic (exact) mass is 373 g/mol. The standard InChI is InChI=1S/C6H4BF4O.C6H5BFO3.K/c8-4-2-1-3-5(12)6(4)7(9,10)11;8-4-2-1-3-5(9)6(4)11-7-10;/h1-3,12H;1-3,9-10H;/q-1;;+1. The Morgan fingerprint density at radius 2 is 1.38 bits per heavy atom. The molecule has 0 saturated carbocycles. The molecule has 0 heterocycles. The summed E-state index contributed by atoms with van der Waals surface area (Å²) in [5, 5.41) is 25.8. The SMILES string of the molecule is O[B]Oc1c(O)cccc1F.Oc1cccc(F)c1[B-](F)(F)F.[K+]. The average molecular weight is 373 g/mol. The Balaban J connectivity index is 0.000000425. The van der Waals surface area contributed by atoms with Crippen molar-refractivity contribution in [2.24, 2.45) is 0 Å². The molecule has 0 bridgehead atoms. The van der Waals surface area contributed by atoms with Gasteiger partial charge in [-0.1, -0.05) is 12.1 Å². The van der Waals surface area contributed by atoms with Crippen molar-refractivity contribution in [2.75, 3.05) is 0 Å². The second-order valence-corrected chi connectivity index (χ2v) is 4.06. The molecular formula is C12H9B2F5KO4. The third kappa shape index (κ3) is 6.61. The molecule has 2 aromatic rings. The fourth-order valence-electron chi connectivity index (χ4n) is 1.52. The van der Waals surface area contributed by atoms with Gasteiger partial charge in [-0.15, -0.1) is 0 Å². The largest absolute Gasteiger partial charge is 1.00 e. The van der Waals surface area contributed by atoms with Crippen molar-refractivity contribution in [3.8, 4) is 17.2 Å². The molecule has 3 N–H and O–H groups in total. The number of hydrogen-bond donors (Lipinski definition) is 3. The van der Waals surface area contributed by atoms with Crippen LogP contribution in [0.3, 0.4) is 0 Å². The molecule has 0 spiro atoms. The summed E-state index contributed by atoms with van der Waals surface area (Å²) in [7, 11) is 0.304. The van der Waals surface area contributed by atoms with Crippen molar-refractivity contribution in [1.29, 1.82) is 0 Å². The van der Waals surface area contributed by atoms with Crippen LogP contribution in [0, 0.1) is 11.6 Å². The Morgan fingerprint density at radius 1 is 0.875 bits per heavy atom. The first-order valence-electron chi connectivity index (χ1n) is 5.95. The first-order chi connectivity index (χ1) is 10.7. The van der Waals surface area contributed by atoms with Crippen LogP contribution in [-0.4, -0.2) is 29.9 Å². The number of aromatic hydroxyl groups is 2. The number of phenols is 2. The third-order valence-electron chi connectivity index (χ3n) is 2.47. The van der Waals surface area contributed by atoms with Crippen LogP contribution in [0.5, 0.6) is 17.2 Å². The van der Waals surface area contributed by atoms with Gasteiger partial charge in [0.1, 0.15) is 0 Å². The molecule has 0 atom stereocenters. The Hall–Kier alpha value is -0.784. The normalized spacial score (nSPS) is 10.1. The van der Waals surface area contributed by atoms with Gasteiger partial charge in [-0.05, 0) is 29.7 Å². The predicted molar refractivity (Wildman–Crippen MR) is 73.4 cm³/mol. The van der Waals surface area contributed by atoms with E-state index in [2.05, 4.69) is 4.65 Å². The molecule has 0 unspecified atom stereocenters. The van der Waals surface area contributed by atoms with E-state index in [-0.39, 0.29) is 62.9 Å². The number of para-hydroxylation sites is 1. The summed E-state index contributed by atoms with van der Waals surface area (Å²) in [6, 6.07) is 6.16. The Bertz CT molecular complexity index is 632. The summed E-state index contributed by atoms with van der Waals surface area (Å²) in [5.74, 6) is -3.97. The van der Waals surface area contributed by atoms with E-state index < -0.39 is 29.8 Å². The van der Waals surface area contributed by atoms with Gasteiger partial charge in [0.25, 0.3) is 0 Å². The molecule has 123 valence electrons. The minimum atomic E-state index is -5.48. The molecule has 0 aromatic heterocycles. The summed E-state index contributed by atoms with van der Waals surface area (Å²) in [6.07, 6.45) is 0. The zero-order valence-electron chi connectivity index (χ0n) is 12.3. The molecule has 12 heteroatoms. The fraction of sp³-hybridized carbons (Fsp3) is 0. The average Bonchev–Trinajstić information content (AvgIpc) is 2.42. The van der Waals surface area contributed by atoms with Crippen LogP contribution in [0.15, 0.2) is 36.4 Å². The van der Waals surface area contributed by atoms with E-state index in [1.165, 1.54) is 12.1 Å². The van der Waals surface area contributed by atoms with Gasteiger partial charge in [0.05, 0.1) is 11.6 Å². The summed E-state index contributed by atoms with van der Waals surface area (Å²) in [5.41, 5.74) is -1.56. The molecule has 4 nitrogen and oxygen atoms in total. The third-order valence-corrected chi connectivity index (χ3v) is 2.47. The van der Waals surface area contributed by atoms with Crippen molar-refractivity contribution in [3.63, 3.8) is 0 Å². The van der Waals surface area contributed by atoms with Crippen molar-refractivity contribution < 1.29 is 93.0 Å². The zero-order chi connectivity index (χ0) is 17.6. The second-order valence-electron chi connectivity index (χ2n) is 4.06. The smallest absolute Gasteiger partial charge is 0.533 e. The van der Waals surface area contributed by atoms with Gasteiger partial charge >= 0.3 is 66.0 Å². The van der Waals surface area contributed by atoms with E-state index in [0.717, 1.165) is 18.2 Å². The van der Waals surface area contributed by atoms with Gasteiger partial charge in [-0.3, -0.25) is 0 Å². The minimum Gasteiger partial charge on any atom is -0.533 e. The number of hydrogen-bond acceptors (Lipinski definition) is 4. The van der Waals surface area contributed by atoms with Crippen molar-refractivity contribution in [1.82, 2.24) is 0 Å². The first kappa shape index (κ1) is 23.2. The fourth-order valence-corrected chi connectivity index (χ4v) is 1.52. The molecule has 1 radical (unpaired) electrons. The van der Waals surface area contributed by atoms with E-state index in [1.807, 2.05) is 0 Å². The predicted octanol–water partition coefficient (Wildman–Crippen LogP) is -0.974. The van der Waals surface area contributed by atoms with Crippen LogP contribution in [0.2, 0.25) is 0 Å². The van der Waals surface area contributed by atoms with Gasteiger partial charge in [-0.25, -0.2) is 8.78 Å². The molecule has 0 aliphatic rings. The molecule has 0 saturated heterocycles. The van der Waals surface area contributed by atoms with E-state index in [1.54, 1.807) is 0 Å². The molecule has 24 heavy (non-hydrogen) atoms. The van der Waals surface area contributed by atoms with Gasteiger partial charge in [0, 0.05) is 0 Å². The first-order valence-corrected chi connectivity index (χ1v) is 5.95. The van der Waals surface area contributed by atoms with E-state index >= 15 is 0 Å². The molecular weight excluding hydrogens is 364 g/mol. The summed E-state index contributed by atoms with van der Waals surface area (Å²) in [6.45, 7) is -5.48. The number of benzene rings is 2. The number of halogens is 5. The van der Waals surface area contributed by atoms with Gasteiger partial charge in [0.2, 0.25) is 0 Å². The second kappa shape index (κ2) is 10.3. The molecule has 0 aliphatic carbocycles. The zero-order valence-corrected chi connectivity index (χ0v) is 15.4. The molecule has 2 aromatic carbocycles. The van der Waals surface area contributed by atoms with Gasteiger partial charge < -0.3 is 32.8 Å². The Morgan fingerprint density at radius 3 is 1.75 bits per heavy atom. The maximum Gasteiger partial charge on any atom is 1.00 e. The maximum atomic E-state index is 12.6. The van der Waals surface area contributed by atoms with Crippen LogP contribution < -0.4 is 61.5 Å². The number of phenolic OH excluding ortho intramolecular Hbond substituents is 2. The van der Waals surface area contributed by atoms with Gasteiger partial charge in [-0.2, -0.15) is 0 Å². The van der Waals surface area contributed by atoms with Crippen molar-refractivity contribution in [3.05, 3.63) is 48.0 Å². The quantitative estimate of drug-likeness (QED) is 0.479. The van der Waals surface area contributed by atoms with Crippen LogP contribution >= 0.6 is 0 Å². The topological polar surface area (TPSA) is 69.9 Å². The van der Waals surface area contributed by atoms with Crippen LogP contribution in [0.4, 0.5) is 21.7 Å². The van der Waals surface area contributed by atoms with Crippen molar-refractivity contribution >= 4 is 20.1 Å². The van der Waals surface area contributed by atoms with Crippen LogP contribution in [-0.2, 0) is 0 Å². The molecule has 2 rings (SSSR count). The van der Waals surface area contributed by atoms with Crippen molar-refractivity contribution in [2.45, 2.75) is 0 Å². The van der Waals surface area contributed by atoms with E-state index in [0.29, 0.717) is 13.8 Å². The maximum absolute atomic E-state index is 12.6. The number of rotatable bonds is 3. The van der Waals surface area contributed by atoms with Crippen LogP contribution in [0.1, 0.15) is 0 Å². The van der Waals surface area contributed by atoms with E-state index in [9.17, 15) is 21.7 Å². The Labute approximate surface area is 177 Å². The minimum absolute atomic E-state index is 0. The van der Waals surface area contributed by atoms with E-state index in [4.69, 9.17) is 15.2 Å². The van der Waals surface area contributed by atoms with Crippen LogP contribution in [0.25, 0.3) is 0 Å². The molecule has 0 fully saturated rings.